The molecule has 27 heavy (non-hydrogen) atoms. The van der Waals surface area contributed by atoms with Crippen molar-refractivity contribution >= 4 is 17.5 Å². The standard InChI is InChI=1S/C21H21ClN4O/c1-24-10-11-25(20(15-24)16-6-3-2-4-7-16)21(27)17-13-23-26(14-17)19-9-5-8-18(22)12-19/h2-9,12-14,20H,10-11,15H2,1H3. The molecule has 2 aromatic carbocycles. The van der Waals surface area contributed by atoms with Gasteiger partial charge in [0, 0.05) is 30.9 Å². The number of benzene rings is 2. The quantitative estimate of drug-likeness (QED) is 0.696. The molecule has 1 unspecified atom stereocenters. The predicted octanol–water partition coefficient (Wildman–Crippen LogP) is 3.65. The average molecular weight is 381 g/mol. The highest BCUT2D eigenvalue weighted by Crippen LogP contribution is 2.26. The van der Waals surface area contributed by atoms with Gasteiger partial charge in [0.1, 0.15) is 0 Å². The Morgan fingerprint density at radius 3 is 2.70 bits per heavy atom. The number of carbonyl (C=O) groups excluding carboxylic acids is 1. The summed E-state index contributed by atoms with van der Waals surface area (Å²) < 4.78 is 1.69. The maximum Gasteiger partial charge on any atom is 0.257 e. The van der Waals surface area contributed by atoms with Crippen LogP contribution in [0.25, 0.3) is 5.69 Å². The minimum atomic E-state index is 0.00484. The Balaban J connectivity index is 1.61. The van der Waals surface area contributed by atoms with Crippen molar-refractivity contribution in [3.05, 3.63) is 83.1 Å². The predicted molar refractivity (Wildman–Crippen MR) is 106 cm³/mol. The van der Waals surface area contributed by atoms with E-state index in [9.17, 15) is 4.79 Å². The lowest BCUT2D eigenvalue weighted by Gasteiger charge is -2.40. The van der Waals surface area contributed by atoms with Crippen LogP contribution in [-0.4, -0.2) is 52.2 Å². The normalized spacial score (nSPS) is 17.9. The van der Waals surface area contributed by atoms with Crippen LogP contribution in [-0.2, 0) is 0 Å². The van der Waals surface area contributed by atoms with Crippen LogP contribution >= 0.6 is 11.6 Å². The molecule has 1 aromatic heterocycles. The number of nitrogens with zero attached hydrogens (tertiary/aromatic N) is 4. The molecule has 0 radical (unpaired) electrons. The van der Waals surface area contributed by atoms with E-state index in [-0.39, 0.29) is 11.9 Å². The van der Waals surface area contributed by atoms with Gasteiger partial charge in [0.2, 0.25) is 0 Å². The molecule has 1 saturated heterocycles. The van der Waals surface area contributed by atoms with Crippen molar-refractivity contribution in [2.75, 3.05) is 26.7 Å². The van der Waals surface area contributed by atoms with E-state index in [1.54, 1.807) is 17.1 Å². The second kappa shape index (κ2) is 7.55. The van der Waals surface area contributed by atoms with Crippen molar-refractivity contribution in [2.24, 2.45) is 0 Å². The monoisotopic (exact) mass is 380 g/mol. The van der Waals surface area contributed by atoms with Crippen molar-refractivity contribution in [2.45, 2.75) is 6.04 Å². The molecule has 1 aliphatic rings. The summed E-state index contributed by atoms with van der Waals surface area (Å²) in [6, 6.07) is 17.7. The van der Waals surface area contributed by atoms with Crippen molar-refractivity contribution in [3.8, 4) is 5.69 Å². The van der Waals surface area contributed by atoms with E-state index in [1.807, 2.05) is 47.4 Å². The third-order valence-corrected chi connectivity index (χ3v) is 5.17. The lowest BCUT2D eigenvalue weighted by Crippen LogP contribution is -2.49. The van der Waals surface area contributed by atoms with Gasteiger partial charge in [0.05, 0.1) is 23.5 Å². The number of amides is 1. The smallest absolute Gasteiger partial charge is 0.257 e. The Labute approximate surface area is 163 Å². The van der Waals surface area contributed by atoms with Gasteiger partial charge >= 0.3 is 0 Å². The number of hydrogen-bond acceptors (Lipinski definition) is 3. The fourth-order valence-electron chi connectivity index (χ4n) is 3.48. The van der Waals surface area contributed by atoms with E-state index >= 15 is 0 Å². The van der Waals surface area contributed by atoms with Gasteiger partial charge in [-0.2, -0.15) is 5.10 Å². The van der Waals surface area contributed by atoms with E-state index in [0.717, 1.165) is 24.3 Å². The maximum absolute atomic E-state index is 13.2. The zero-order valence-electron chi connectivity index (χ0n) is 15.1. The van der Waals surface area contributed by atoms with E-state index in [0.29, 0.717) is 17.1 Å². The number of likely N-dealkylation sites (N-methyl/N-ethyl adjacent to an activating group) is 1. The maximum atomic E-state index is 13.2. The summed E-state index contributed by atoms with van der Waals surface area (Å²) in [6.07, 6.45) is 3.40. The molecule has 1 amide bonds. The SMILES string of the molecule is CN1CCN(C(=O)c2cnn(-c3cccc(Cl)c3)c2)C(c2ccccc2)C1. The highest BCUT2D eigenvalue weighted by atomic mass is 35.5. The van der Waals surface area contributed by atoms with Crippen molar-refractivity contribution in [1.82, 2.24) is 19.6 Å². The summed E-state index contributed by atoms with van der Waals surface area (Å²) in [7, 11) is 2.09. The second-order valence-corrected chi connectivity index (χ2v) is 7.28. The van der Waals surface area contributed by atoms with Gasteiger partial charge in [0.15, 0.2) is 0 Å². The van der Waals surface area contributed by atoms with Crippen molar-refractivity contribution in [3.63, 3.8) is 0 Å². The molecule has 1 atom stereocenters. The summed E-state index contributed by atoms with van der Waals surface area (Å²) in [6.45, 7) is 2.37. The summed E-state index contributed by atoms with van der Waals surface area (Å²) in [5.41, 5.74) is 2.57. The number of carbonyl (C=O) groups is 1. The summed E-state index contributed by atoms with van der Waals surface area (Å²) in [4.78, 5) is 17.4. The number of hydrogen-bond donors (Lipinski definition) is 0. The summed E-state index contributed by atoms with van der Waals surface area (Å²) in [5.74, 6) is 0.00484. The van der Waals surface area contributed by atoms with Crippen LogP contribution in [0.1, 0.15) is 22.0 Å². The van der Waals surface area contributed by atoms with Crippen LogP contribution < -0.4 is 0 Å². The van der Waals surface area contributed by atoms with Gasteiger partial charge < -0.3 is 9.80 Å². The molecule has 3 aromatic rings. The Morgan fingerprint density at radius 1 is 1.11 bits per heavy atom. The zero-order valence-corrected chi connectivity index (χ0v) is 15.9. The van der Waals surface area contributed by atoms with Crippen LogP contribution in [0.4, 0.5) is 0 Å². The van der Waals surface area contributed by atoms with Crippen LogP contribution in [0.2, 0.25) is 5.02 Å². The molecule has 0 saturated carbocycles. The minimum absolute atomic E-state index is 0.00484. The fourth-order valence-corrected chi connectivity index (χ4v) is 3.67. The van der Waals surface area contributed by atoms with Crippen molar-refractivity contribution < 1.29 is 4.79 Å². The number of rotatable bonds is 3. The van der Waals surface area contributed by atoms with Crippen LogP contribution in [0, 0.1) is 0 Å². The third kappa shape index (κ3) is 3.75. The number of aromatic nitrogens is 2. The first-order valence-corrected chi connectivity index (χ1v) is 9.35. The van der Waals surface area contributed by atoms with Gasteiger partial charge in [-0.3, -0.25) is 4.79 Å². The van der Waals surface area contributed by atoms with Gasteiger partial charge in [-0.1, -0.05) is 48.0 Å². The first kappa shape index (κ1) is 17.8. The Morgan fingerprint density at radius 2 is 1.93 bits per heavy atom. The molecule has 0 N–H and O–H groups in total. The Bertz CT molecular complexity index is 940. The van der Waals surface area contributed by atoms with E-state index in [1.165, 1.54) is 0 Å². The van der Waals surface area contributed by atoms with Crippen LogP contribution in [0.3, 0.4) is 0 Å². The first-order valence-electron chi connectivity index (χ1n) is 8.97. The Kier molecular flexibility index (Phi) is 4.97. The largest absolute Gasteiger partial charge is 0.329 e. The molecule has 4 rings (SSSR count). The molecular formula is C21H21ClN4O. The number of piperazine rings is 1. The lowest BCUT2D eigenvalue weighted by molar-refractivity contribution is 0.0498. The highest BCUT2D eigenvalue weighted by Gasteiger charge is 2.31. The number of halogens is 1. The molecule has 0 aliphatic carbocycles. The second-order valence-electron chi connectivity index (χ2n) is 6.84. The van der Waals surface area contributed by atoms with E-state index in [2.05, 4.69) is 29.2 Å². The molecule has 0 spiro atoms. The zero-order chi connectivity index (χ0) is 18.8. The van der Waals surface area contributed by atoms with E-state index < -0.39 is 0 Å². The topological polar surface area (TPSA) is 41.4 Å². The molecule has 5 nitrogen and oxygen atoms in total. The van der Waals surface area contributed by atoms with Crippen LogP contribution in [0.5, 0.6) is 0 Å². The lowest BCUT2D eigenvalue weighted by atomic mass is 10.0. The molecule has 1 aliphatic heterocycles. The highest BCUT2D eigenvalue weighted by molar-refractivity contribution is 6.30. The molecule has 1 fully saturated rings. The molecular weight excluding hydrogens is 360 g/mol. The third-order valence-electron chi connectivity index (χ3n) is 4.93. The summed E-state index contributed by atoms with van der Waals surface area (Å²) >= 11 is 6.07. The van der Waals surface area contributed by atoms with E-state index in [4.69, 9.17) is 11.6 Å². The fraction of sp³-hybridized carbons (Fsp3) is 0.238. The minimum Gasteiger partial charge on any atom is -0.329 e. The first-order chi connectivity index (χ1) is 13.1. The van der Waals surface area contributed by atoms with Gasteiger partial charge in [-0.15, -0.1) is 0 Å². The molecule has 0 bridgehead atoms. The molecule has 6 heteroatoms. The van der Waals surface area contributed by atoms with Gasteiger partial charge in [-0.05, 0) is 30.8 Å². The van der Waals surface area contributed by atoms with Gasteiger partial charge in [-0.25, -0.2) is 4.68 Å². The Hall–Kier alpha value is -2.63. The van der Waals surface area contributed by atoms with Gasteiger partial charge in [0.25, 0.3) is 5.91 Å². The average Bonchev–Trinajstić information content (AvgIpc) is 3.18. The van der Waals surface area contributed by atoms with Crippen LogP contribution in [0.15, 0.2) is 67.0 Å². The van der Waals surface area contributed by atoms with Crippen molar-refractivity contribution in [1.29, 1.82) is 0 Å². The molecule has 138 valence electrons. The molecule has 2 heterocycles. The summed E-state index contributed by atoms with van der Waals surface area (Å²) in [5, 5.41) is 4.99.